The summed E-state index contributed by atoms with van der Waals surface area (Å²) in [6.45, 7) is 2.94. The number of rotatable bonds is 4. The van der Waals surface area contributed by atoms with Crippen LogP contribution in [-0.2, 0) is 13.2 Å². The lowest BCUT2D eigenvalue weighted by atomic mass is 10.2. The number of nitrogens with one attached hydrogen (secondary N) is 1. The fourth-order valence-corrected chi connectivity index (χ4v) is 1.44. The standard InChI is InChI=1S/C12H15N3O/c1-9-3-2-4-11(5-9)16-8-12-14-7-10(6-13)15-12/h2-5,7H,6,8,13H2,1H3,(H,14,15). The average Bonchev–Trinajstić information content (AvgIpc) is 2.74. The molecule has 1 heterocycles. The maximum absolute atomic E-state index is 5.60. The number of imidazole rings is 1. The Labute approximate surface area is 94.5 Å². The third kappa shape index (κ3) is 2.61. The zero-order valence-electron chi connectivity index (χ0n) is 9.23. The summed E-state index contributed by atoms with van der Waals surface area (Å²) in [7, 11) is 0. The highest BCUT2D eigenvalue weighted by molar-refractivity contribution is 5.27. The van der Waals surface area contributed by atoms with Crippen LogP contribution in [0.2, 0.25) is 0 Å². The van der Waals surface area contributed by atoms with Gasteiger partial charge in [-0.3, -0.25) is 0 Å². The number of nitrogens with zero attached hydrogens (tertiary/aromatic N) is 1. The molecule has 2 aromatic rings. The van der Waals surface area contributed by atoms with Gasteiger partial charge in [0, 0.05) is 18.4 Å². The highest BCUT2D eigenvalue weighted by Gasteiger charge is 2.00. The van der Waals surface area contributed by atoms with Gasteiger partial charge in [-0.15, -0.1) is 0 Å². The first-order chi connectivity index (χ1) is 7.78. The van der Waals surface area contributed by atoms with Crippen LogP contribution >= 0.6 is 0 Å². The first kappa shape index (κ1) is 10.7. The second kappa shape index (κ2) is 4.81. The molecule has 1 aromatic heterocycles. The highest BCUT2D eigenvalue weighted by atomic mass is 16.5. The highest BCUT2D eigenvalue weighted by Crippen LogP contribution is 2.13. The van der Waals surface area contributed by atoms with Gasteiger partial charge in [0.25, 0.3) is 0 Å². The molecule has 0 saturated heterocycles. The Morgan fingerprint density at radius 3 is 3.00 bits per heavy atom. The molecule has 0 fully saturated rings. The molecule has 0 aliphatic carbocycles. The number of aryl methyl sites for hydroxylation is 1. The molecule has 3 N–H and O–H groups in total. The minimum absolute atomic E-state index is 0.434. The van der Waals surface area contributed by atoms with Crippen LogP contribution in [0.25, 0.3) is 0 Å². The molecule has 16 heavy (non-hydrogen) atoms. The number of hydrogen-bond donors (Lipinski definition) is 2. The van der Waals surface area contributed by atoms with Crippen LogP contribution in [0.4, 0.5) is 0 Å². The Bertz CT molecular complexity index is 465. The molecular formula is C12H15N3O. The normalized spacial score (nSPS) is 10.4. The topological polar surface area (TPSA) is 63.9 Å². The third-order valence-electron chi connectivity index (χ3n) is 2.27. The molecule has 0 radical (unpaired) electrons. The van der Waals surface area contributed by atoms with Crippen LogP contribution in [0.1, 0.15) is 17.1 Å². The average molecular weight is 217 g/mol. The monoisotopic (exact) mass is 217 g/mol. The second-order valence-corrected chi connectivity index (χ2v) is 3.66. The van der Waals surface area contributed by atoms with Crippen LogP contribution in [0.3, 0.4) is 0 Å². The largest absolute Gasteiger partial charge is 0.486 e. The van der Waals surface area contributed by atoms with E-state index in [2.05, 4.69) is 9.97 Å². The molecule has 4 heteroatoms. The first-order valence-electron chi connectivity index (χ1n) is 5.20. The third-order valence-corrected chi connectivity index (χ3v) is 2.27. The summed E-state index contributed by atoms with van der Waals surface area (Å²) in [4.78, 5) is 7.25. The lowest BCUT2D eigenvalue weighted by Gasteiger charge is -2.04. The number of benzene rings is 1. The fraction of sp³-hybridized carbons (Fsp3) is 0.250. The van der Waals surface area contributed by atoms with Crippen molar-refractivity contribution >= 4 is 0 Å². The summed E-state index contributed by atoms with van der Waals surface area (Å²) >= 11 is 0. The van der Waals surface area contributed by atoms with E-state index in [1.165, 1.54) is 5.56 Å². The summed E-state index contributed by atoms with van der Waals surface area (Å²) in [6, 6.07) is 7.93. The molecule has 0 aliphatic rings. The van der Waals surface area contributed by atoms with Crippen molar-refractivity contribution in [3.63, 3.8) is 0 Å². The van der Waals surface area contributed by atoms with Crippen molar-refractivity contribution in [1.29, 1.82) is 0 Å². The van der Waals surface area contributed by atoms with E-state index in [-0.39, 0.29) is 0 Å². The quantitative estimate of drug-likeness (QED) is 0.820. The first-order valence-corrected chi connectivity index (χ1v) is 5.20. The van der Waals surface area contributed by atoms with E-state index >= 15 is 0 Å². The van der Waals surface area contributed by atoms with E-state index < -0.39 is 0 Å². The van der Waals surface area contributed by atoms with E-state index in [4.69, 9.17) is 10.5 Å². The summed E-state index contributed by atoms with van der Waals surface area (Å²) in [5, 5.41) is 0. The van der Waals surface area contributed by atoms with E-state index in [1.807, 2.05) is 31.2 Å². The lowest BCUT2D eigenvalue weighted by Crippen LogP contribution is -1.99. The fourth-order valence-electron chi connectivity index (χ4n) is 1.44. The SMILES string of the molecule is Cc1cccc(OCc2ncc(CN)[nH]2)c1. The van der Waals surface area contributed by atoms with Crippen molar-refractivity contribution in [2.45, 2.75) is 20.1 Å². The van der Waals surface area contributed by atoms with Gasteiger partial charge in [0.1, 0.15) is 18.2 Å². The zero-order valence-corrected chi connectivity index (χ0v) is 9.23. The maximum Gasteiger partial charge on any atom is 0.146 e. The number of ether oxygens (including phenoxy) is 1. The Morgan fingerprint density at radius 1 is 1.44 bits per heavy atom. The van der Waals surface area contributed by atoms with E-state index in [0.717, 1.165) is 17.3 Å². The molecule has 0 saturated carbocycles. The van der Waals surface area contributed by atoms with Gasteiger partial charge in [0.05, 0.1) is 0 Å². The van der Waals surface area contributed by atoms with Crippen LogP contribution < -0.4 is 10.5 Å². The molecule has 0 bridgehead atoms. The smallest absolute Gasteiger partial charge is 0.146 e. The van der Waals surface area contributed by atoms with E-state index in [9.17, 15) is 0 Å². The molecule has 2 rings (SSSR count). The van der Waals surface area contributed by atoms with Crippen LogP contribution in [0.15, 0.2) is 30.5 Å². The number of aromatic amines is 1. The molecule has 0 amide bonds. The van der Waals surface area contributed by atoms with Crippen molar-refractivity contribution in [3.8, 4) is 5.75 Å². The number of hydrogen-bond acceptors (Lipinski definition) is 3. The number of aromatic nitrogens is 2. The summed E-state index contributed by atoms with van der Waals surface area (Å²) in [5.74, 6) is 1.65. The van der Waals surface area contributed by atoms with Gasteiger partial charge < -0.3 is 15.5 Å². The summed E-state index contributed by atoms with van der Waals surface area (Å²) in [6.07, 6.45) is 1.73. The number of nitrogens with two attached hydrogens (primary N) is 1. The molecule has 84 valence electrons. The second-order valence-electron chi connectivity index (χ2n) is 3.66. The predicted octanol–water partition coefficient (Wildman–Crippen LogP) is 1.76. The molecule has 0 unspecified atom stereocenters. The van der Waals surface area contributed by atoms with Gasteiger partial charge in [-0.2, -0.15) is 0 Å². The van der Waals surface area contributed by atoms with Crippen LogP contribution in [0, 0.1) is 6.92 Å². The molecule has 0 aliphatic heterocycles. The lowest BCUT2D eigenvalue weighted by molar-refractivity contribution is 0.297. The van der Waals surface area contributed by atoms with Crippen molar-refractivity contribution in [2.24, 2.45) is 5.73 Å². The number of H-pyrrole nitrogens is 1. The van der Waals surface area contributed by atoms with Crippen LogP contribution in [-0.4, -0.2) is 9.97 Å². The Morgan fingerprint density at radius 2 is 2.31 bits per heavy atom. The van der Waals surface area contributed by atoms with E-state index in [0.29, 0.717) is 13.2 Å². The van der Waals surface area contributed by atoms with Gasteiger partial charge in [0.2, 0.25) is 0 Å². The molecule has 0 spiro atoms. The van der Waals surface area contributed by atoms with Gasteiger partial charge >= 0.3 is 0 Å². The van der Waals surface area contributed by atoms with Gasteiger partial charge in [-0.05, 0) is 24.6 Å². The van der Waals surface area contributed by atoms with Gasteiger partial charge in [-0.1, -0.05) is 12.1 Å². The van der Waals surface area contributed by atoms with Crippen molar-refractivity contribution in [1.82, 2.24) is 9.97 Å². The maximum atomic E-state index is 5.60. The Hall–Kier alpha value is -1.81. The Balaban J connectivity index is 1.96. The molecular weight excluding hydrogens is 202 g/mol. The molecule has 0 atom stereocenters. The van der Waals surface area contributed by atoms with Crippen molar-refractivity contribution < 1.29 is 4.74 Å². The van der Waals surface area contributed by atoms with Gasteiger partial charge in [-0.25, -0.2) is 4.98 Å². The van der Waals surface area contributed by atoms with Gasteiger partial charge in [0.15, 0.2) is 0 Å². The minimum atomic E-state index is 0.434. The van der Waals surface area contributed by atoms with E-state index in [1.54, 1.807) is 6.20 Å². The zero-order chi connectivity index (χ0) is 11.4. The minimum Gasteiger partial charge on any atom is -0.486 e. The Kier molecular flexibility index (Phi) is 3.22. The molecule has 4 nitrogen and oxygen atoms in total. The van der Waals surface area contributed by atoms with Crippen LogP contribution in [0.5, 0.6) is 5.75 Å². The summed E-state index contributed by atoms with van der Waals surface area (Å²) in [5.41, 5.74) is 7.58. The predicted molar refractivity (Wildman–Crippen MR) is 62.0 cm³/mol. The summed E-state index contributed by atoms with van der Waals surface area (Å²) < 4.78 is 5.60. The molecule has 1 aromatic carbocycles. The van der Waals surface area contributed by atoms with Crippen molar-refractivity contribution in [2.75, 3.05) is 0 Å². The van der Waals surface area contributed by atoms with Crippen molar-refractivity contribution in [3.05, 3.63) is 47.5 Å².